The summed E-state index contributed by atoms with van der Waals surface area (Å²) < 4.78 is 11.0. The van der Waals surface area contributed by atoms with Gasteiger partial charge in [-0.25, -0.2) is 0 Å². The first-order chi connectivity index (χ1) is 8.33. The highest BCUT2D eigenvalue weighted by molar-refractivity contribution is 5.39. The number of aryl methyl sites for hydroxylation is 1. The van der Waals surface area contributed by atoms with Crippen LogP contribution in [-0.4, -0.2) is 7.11 Å². The van der Waals surface area contributed by atoms with E-state index in [9.17, 15) is 0 Å². The summed E-state index contributed by atoms with van der Waals surface area (Å²) in [6.07, 6.45) is 0.965. The summed E-state index contributed by atoms with van der Waals surface area (Å²) in [6, 6.07) is 15.7. The maximum Gasteiger partial charge on any atom is 0.130 e. The Hall–Kier alpha value is -1.96. The highest BCUT2D eigenvalue weighted by atomic mass is 16.5. The third kappa shape index (κ3) is 2.78. The van der Waals surface area contributed by atoms with Crippen LogP contribution in [0.4, 0.5) is 0 Å². The molecular formula is C15H16O2. The summed E-state index contributed by atoms with van der Waals surface area (Å²) in [7, 11) is 1.66. The summed E-state index contributed by atoms with van der Waals surface area (Å²) in [5.41, 5.74) is 1.21. The minimum absolute atomic E-state index is 0.826. The fourth-order valence-corrected chi connectivity index (χ4v) is 1.67. The van der Waals surface area contributed by atoms with E-state index in [0.29, 0.717) is 0 Å². The number of benzene rings is 2. The van der Waals surface area contributed by atoms with Gasteiger partial charge in [0, 0.05) is 0 Å². The molecule has 88 valence electrons. The standard InChI is InChI=1S/C15H16O2/c1-3-12-6-4-5-7-15(12)17-14-10-8-13(16-2)9-11-14/h4-11H,3H2,1-2H3. The van der Waals surface area contributed by atoms with Crippen LogP contribution < -0.4 is 9.47 Å². The van der Waals surface area contributed by atoms with Crippen molar-refractivity contribution in [2.24, 2.45) is 0 Å². The lowest BCUT2D eigenvalue weighted by molar-refractivity contribution is 0.412. The molecule has 0 N–H and O–H groups in total. The van der Waals surface area contributed by atoms with Crippen molar-refractivity contribution in [3.05, 3.63) is 54.1 Å². The highest BCUT2D eigenvalue weighted by Gasteiger charge is 2.02. The van der Waals surface area contributed by atoms with Crippen LogP contribution in [0.25, 0.3) is 0 Å². The second-order valence-corrected chi connectivity index (χ2v) is 3.74. The second-order valence-electron chi connectivity index (χ2n) is 3.74. The van der Waals surface area contributed by atoms with E-state index in [-0.39, 0.29) is 0 Å². The van der Waals surface area contributed by atoms with Crippen LogP contribution >= 0.6 is 0 Å². The van der Waals surface area contributed by atoms with Crippen molar-refractivity contribution in [1.82, 2.24) is 0 Å². The lowest BCUT2D eigenvalue weighted by Crippen LogP contribution is -1.90. The van der Waals surface area contributed by atoms with E-state index in [1.54, 1.807) is 7.11 Å². The van der Waals surface area contributed by atoms with Gasteiger partial charge in [0.05, 0.1) is 7.11 Å². The predicted octanol–water partition coefficient (Wildman–Crippen LogP) is 4.05. The van der Waals surface area contributed by atoms with Crippen molar-refractivity contribution in [3.8, 4) is 17.2 Å². The Bertz CT molecular complexity index is 475. The normalized spacial score (nSPS) is 10.0. The topological polar surface area (TPSA) is 18.5 Å². The molecule has 2 aromatic carbocycles. The van der Waals surface area contributed by atoms with Crippen molar-refractivity contribution in [2.75, 3.05) is 7.11 Å². The first kappa shape index (κ1) is 11.5. The quantitative estimate of drug-likeness (QED) is 0.786. The summed E-state index contributed by atoms with van der Waals surface area (Å²) in [5, 5.41) is 0. The van der Waals surface area contributed by atoms with Crippen molar-refractivity contribution in [1.29, 1.82) is 0 Å². The Morgan fingerprint density at radius 1 is 0.882 bits per heavy atom. The molecule has 0 aromatic heterocycles. The summed E-state index contributed by atoms with van der Waals surface area (Å²) in [5.74, 6) is 2.58. The van der Waals surface area contributed by atoms with Crippen LogP contribution in [0.5, 0.6) is 17.2 Å². The Kier molecular flexibility index (Phi) is 3.66. The monoisotopic (exact) mass is 228 g/mol. The van der Waals surface area contributed by atoms with Gasteiger partial charge in [0.25, 0.3) is 0 Å². The first-order valence-electron chi connectivity index (χ1n) is 5.73. The van der Waals surface area contributed by atoms with Crippen LogP contribution in [0, 0.1) is 0 Å². The predicted molar refractivity (Wildman–Crippen MR) is 68.9 cm³/mol. The van der Waals surface area contributed by atoms with Crippen LogP contribution in [0.3, 0.4) is 0 Å². The molecular weight excluding hydrogens is 212 g/mol. The smallest absolute Gasteiger partial charge is 0.130 e. The molecule has 0 atom stereocenters. The maximum absolute atomic E-state index is 5.84. The lowest BCUT2D eigenvalue weighted by atomic mass is 10.1. The average Bonchev–Trinajstić information content (AvgIpc) is 2.40. The van der Waals surface area contributed by atoms with Crippen LogP contribution in [-0.2, 0) is 6.42 Å². The van der Waals surface area contributed by atoms with Gasteiger partial charge >= 0.3 is 0 Å². The van der Waals surface area contributed by atoms with E-state index in [4.69, 9.17) is 9.47 Å². The molecule has 0 saturated carbocycles. The van der Waals surface area contributed by atoms with Gasteiger partial charge < -0.3 is 9.47 Å². The number of ether oxygens (including phenoxy) is 2. The van der Waals surface area contributed by atoms with Crippen LogP contribution in [0.15, 0.2) is 48.5 Å². The molecule has 2 aromatic rings. The highest BCUT2D eigenvalue weighted by Crippen LogP contribution is 2.26. The molecule has 2 rings (SSSR count). The van der Waals surface area contributed by atoms with Crippen molar-refractivity contribution in [2.45, 2.75) is 13.3 Å². The molecule has 0 fully saturated rings. The minimum atomic E-state index is 0.826. The van der Waals surface area contributed by atoms with E-state index in [1.807, 2.05) is 42.5 Å². The van der Waals surface area contributed by atoms with Gasteiger partial charge in [-0.15, -0.1) is 0 Å². The minimum Gasteiger partial charge on any atom is -0.497 e. The van der Waals surface area contributed by atoms with Gasteiger partial charge in [-0.3, -0.25) is 0 Å². The molecule has 17 heavy (non-hydrogen) atoms. The molecule has 0 bridgehead atoms. The fourth-order valence-electron chi connectivity index (χ4n) is 1.67. The Labute approximate surface area is 102 Å². The van der Waals surface area contributed by atoms with Crippen molar-refractivity contribution < 1.29 is 9.47 Å². The molecule has 0 amide bonds. The Morgan fingerprint density at radius 2 is 1.53 bits per heavy atom. The van der Waals surface area contributed by atoms with Gasteiger partial charge in [-0.1, -0.05) is 25.1 Å². The molecule has 0 radical (unpaired) electrons. The number of para-hydroxylation sites is 1. The third-order valence-electron chi connectivity index (χ3n) is 2.64. The maximum atomic E-state index is 5.84. The first-order valence-corrected chi connectivity index (χ1v) is 5.73. The van der Waals surface area contributed by atoms with Gasteiger partial charge in [0.2, 0.25) is 0 Å². The van der Waals surface area contributed by atoms with Crippen molar-refractivity contribution in [3.63, 3.8) is 0 Å². The molecule has 0 aliphatic carbocycles. The van der Waals surface area contributed by atoms with Crippen molar-refractivity contribution >= 4 is 0 Å². The summed E-state index contributed by atoms with van der Waals surface area (Å²) >= 11 is 0. The molecule has 2 heteroatoms. The molecule has 0 saturated heterocycles. The molecule has 0 spiro atoms. The molecule has 0 heterocycles. The van der Waals surface area contributed by atoms with E-state index >= 15 is 0 Å². The largest absolute Gasteiger partial charge is 0.497 e. The van der Waals surface area contributed by atoms with Gasteiger partial charge in [-0.05, 0) is 42.3 Å². The Balaban J connectivity index is 2.19. The third-order valence-corrected chi connectivity index (χ3v) is 2.64. The van der Waals surface area contributed by atoms with Gasteiger partial charge in [0.1, 0.15) is 17.2 Å². The van der Waals surface area contributed by atoms with E-state index in [0.717, 1.165) is 23.7 Å². The molecule has 0 aliphatic rings. The summed E-state index contributed by atoms with van der Waals surface area (Å²) in [6.45, 7) is 2.12. The van der Waals surface area contributed by atoms with Crippen LogP contribution in [0.2, 0.25) is 0 Å². The zero-order chi connectivity index (χ0) is 12.1. The Morgan fingerprint density at radius 3 is 2.18 bits per heavy atom. The van der Waals surface area contributed by atoms with Crippen LogP contribution in [0.1, 0.15) is 12.5 Å². The molecule has 2 nitrogen and oxygen atoms in total. The number of rotatable bonds is 4. The number of methoxy groups -OCH3 is 1. The average molecular weight is 228 g/mol. The lowest BCUT2D eigenvalue weighted by Gasteiger charge is -2.10. The number of hydrogen-bond donors (Lipinski definition) is 0. The molecule has 0 aliphatic heterocycles. The SMILES string of the molecule is CCc1ccccc1Oc1ccc(OC)cc1. The number of hydrogen-bond acceptors (Lipinski definition) is 2. The van der Waals surface area contributed by atoms with Gasteiger partial charge in [0.15, 0.2) is 0 Å². The second kappa shape index (κ2) is 5.39. The zero-order valence-corrected chi connectivity index (χ0v) is 10.1. The summed E-state index contributed by atoms with van der Waals surface area (Å²) in [4.78, 5) is 0. The van der Waals surface area contributed by atoms with E-state index < -0.39 is 0 Å². The molecule has 0 unspecified atom stereocenters. The zero-order valence-electron chi connectivity index (χ0n) is 10.1. The van der Waals surface area contributed by atoms with E-state index in [2.05, 4.69) is 13.0 Å². The van der Waals surface area contributed by atoms with Gasteiger partial charge in [-0.2, -0.15) is 0 Å². The fraction of sp³-hybridized carbons (Fsp3) is 0.200. The van der Waals surface area contributed by atoms with E-state index in [1.165, 1.54) is 5.56 Å².